The number of aromatic nitrogens is 3. The Morgan fingerprint density at radius 2 is 2.12 bits per heavy atom. The zero-order valence-electron chi connectivity index (χ0n) is 14.8. The van der Waals surface area contributed by atoms with Crippen molar-refractivity contribution in [2.45, 2.75) is 30.4 Å². The maximum Gasteiger partial charge on any atom is 0.235 e. The van der Waals surface area contributed by atoms with E-state index in [1.54, 1.807) is 40.8 Å². The molecule has 138 valence electrons. The van der Waals surface area contributed by atoms with E-state index in [-0.39, 0.29) is 17.8 Å². The lowest BCUT2D eigenvalue weighted by Gasteiger charge is -2.19. The zero-order valence-corrected chi connectivity index (χ0v) is 16.4. The van der Waals surface area contributed by atoms with E-state index in [9.17, 15) is 4.79 Å². The number of amides is 1. The van der Waals surface area contributed by atoms with Crippen molar-refractivity contribution in [3.8, 4) is 11.8 Å². The van der Waals surface area contributed by atoms with Crippen molar-refractivity contribution >= 4 is 29.3 Å². The van der Waals surface area contributed by atoms with Crippen LogP contribution in [-0.4, -0.2) is 44.4 Å². The predicted octanol–water partition coefficient (Wildman–Crippen LogP) is 2.90. The number of thioether (sulfide) groups is 1. The molecule has 1 amide bonds. The SMILES string of the molecule is C[C@@H](Sc1nnc(COc2ccc(Cl)cc2)n1C)C(=O)N(C)CCC#N. The first kappa shape index (κ1) is 20.1. The van der Waals surface area contributed by atoms with Crippen LogP contribution in [0.2, 0.25) is 5.02 Å². The van der Waals surface area contributed by atoms with Crippen LogP contribution in [0.25, 0.3) is 0 Å². The van der Waals surface area contributed by atoms with Crippen molar-refractivity contribution < 1.29 is 9.53 Å². The van der Waals surface area contributed by atoms with Gasteiger partial charge in [-0.05, 0) is 31.2 Å². The summed E-state index contributed by atoms with van der Waals surface area (Å²) in [7, 11) is 3.53. The molecule has 1 heterocycles. The molecule has 0 bridgehead atoms. The molecule has 0 fully saturated rings. The van der Waals surface area contributed by atoms with E-state index >= 15 is 0 Å². The van der Waals surface area contributed by atoms with E-state index in [2.05, 4.69) is 10.2 Å². The van der Waals surface area contributed by atoms with Gasteiger partial charge in [0, 0.05) is 25.7 Å². The van der Waals surface area contributed by atoms with E-state index in [1.807, 2.05) is 20.0 Å². The van der Waals surface area contributed by atoms with E-state index in [4.69, 9.17) is 21.6 Å². The molecule has 2 rings (SSSR count). The summed E-state index contributed by atoms with van der Waals surface area (Å²) in [4.78, 5) is 13.9. The number of ether oxygens (including phenoxy) is 1. The Balaban J connectivity index is 1.94. The topological polar surface area (TPSA) is 84.0 Å². The molecule has 0 aliphatic rings. The first-order valence-electron chi connectivity index (χ1n) is 7.97. The second-order valence-corrected chi connectivity index (χ2v) is 7.37. The molecular formula is C17H20ClN5O2S. The van der Waals surface area contributed by atoms with Gasteiger partial charge < -0.3 is 14.2 Å². The van der Waals surface area contributed by atoms with Crippen molar-refractivity contribution in [2.75, 3.05) is 13.6 Å². The van der Waals surface area contributed by atoms with E-state index in [1.165, 1.54) is 11.8 Å². The van der Waals surface area contributed by atoms with Gasteiger partial charge in [0.25, 0.3) is 0 Å². The predicted molar refractivity (Wildman–Crippen MR) is 100.0 cm³/mol. The van der Waals surface area contributed by atoms with E-state index < -0.39 is 0 Å². The summed E-state index contributed by atoms with van der Waals surface area (Å²) in [6, 6.07) is 9.11. The molecule has 7 nitrogen and oxygen atoms in total. The first-order valence-corrected chi connectivity index (χ1v) is 9.23. The summed E-state index contributed by atoms with van der Waals surface area (Å²) in [5, 5.41) is 17.8. The molecule has 1 aromatic heterocycles. The summed E-state index contributed by atoms with van der Waals surface area (Å²) in [6.45, 7) is 2.49. The van der Waals surface area contributed by atoms with Gasteiger partial charge in [0.05, 0.1) is 17.7 Å². The molecule has 0 saturated carbocycles. The molecule has 0 radical (unpaired) electrons. The number of nitrogens with zero attached hydrogens (tertiary/aromatic N) is 5. The third-order valence-corrected chi connectivity index (χ3v) is 5.05. The highest BCUT2D eigenvalue weighted by Crippen LogP contribution is 2.23. The number of hydrogen-bond acceptors (Lipinski definition) is 6. The second-order valence-electron chi connectivity index (χ2n) is 5.63. The van der Waals surface area contributed by atoms with Gasteiger partial charge >= 0.3 is 0 Å². The van der Waals surface area contributed by atoms with Gasteiger partial charge in [0.15, 0.2) is 11.0 Å². The van der Waals surface area contributed by atoms with Crippen LogP contribution in [0.1, 0.15) is 19.2 Å². The Morgan fingerprint density at radius 3 is 2.77 bits per heavy atom. The van der Waals surface area contributed by atoms with Crippen LogP contribution in [0.4, 0.5) is 0 Å². The Hall–Kier alpha value is -2.24. The highest BCUT2D eigenvalue weighted by molar-refractivity contribution is 8.00. The molecule has 9 heteroatoms. The first-order chi connectivity index (χ1) is 12.4. The van der Waals surface area contributed by atoms with Crippen LogP contribution in [0.5, 0.6) is 5.75 Å². The number of benzene rings is 1. The Bertz CT molecular complexity index is 787. The quantitative estimate of drug-likeness (QED) is 0.641. The minimum atomic E-state index is -0.327. The maximum absolute atomic E-state index is 12.3. The molecule has 2 aromatic rings. The number of carbonyl (C=O) groups excluding carboxylic acids is 1. The van der Waals surface area contributed by atoms with Crippen molar-refractivity contribution in [1.82, 2.24) is 19.7 Å². The van der Waals surface area contributed by atoms with E-state index in [0.29, 0.717) is 34.7 Å². The van der Waals surface area contributed by atoms with Crippen LogP contribution in [0.15, 0.2) is 29.4 Å². The Morgan fingerprint density at radius 1 is 1.42 bits per heavy atom. The molecule has 0 spiro atoms. The lowest BCUT2D eigenvalue weighted by Crippen LogP contribution is -2.34. The number of nitriles is 1. The molecule has 0 aliphatic carbocycles. The molecular weight excluding hydrogens is 374 g/mol. The molecule has 0 saturated heterocycles. The average molecular weight is 394 g/mol. The van der Waals surface area contributed by atoms with Gasteiger partial charge in [0.1, 0.15) is 12.4 Å². The van der Waals surface area contributed by atoms with Crippen LogP contribution >= 0.6 is 23.4 Å². The lowest BCUT2D eigenvalue weighted by atomic mass is 10.3. The molecule has 0 unspecified atom stereocenters. The standard InChI is InChI=1S/C17H20ClN5O2S/c1-12(16(24)22(2)10-4-9-19)26-17-21-20-15(23(17)3)11-25-14-7-5-13(18)6-8-14/h5-8,12H,4,10-11H2,1-3H3/t12-/m1/s1. The van der Waals surface area contributed by atoms with Gasteiger partial charge in [0.2, 0.25) is 5.91 Å². The highest BCUT2D eigenvalue weighted by Gasteiger charge is 2.21. The summed E-state index contributed by atoms with van der Waals surface area (Å²) in [5.41, 5.74) is 0. The van der Waals surface area contributed by atoms with Gasteiger partial charge in [-0.15, -0.1) is 10.2 Å². The van der Waals surface area contributed by atoms with Crippen molar-refractivity contribution in [2.24, 2.45) is 7.05 Å². The fraction of sp³-hybridized carbons (Fsp3) is 0.412. The van der Waals surface area contributed by atoms with Gasteiger partial charge in [-0.25, -0.2) is 0 Å². The van der Waals surface area contributed by atoms with E-state index in [0.717, 1.165) is 0 Å². The number of halogens is 1. The van der Waals surface area contributed by atoms with Gasteiger partial charge in [-0.2, -0.15) is 5.26 Å². The summed E-state index contributed by atoms with van der Waals surface area (Å²) < 4.78 is 7.48. The minimum Gasteiger partial charge on any atom is -0.486 e. The smallest absolute Gasteiger partial charge is 0.235 e. The average Bonchev–Trinajstić information content (AvgIpc) is 2.98. The van der Waals surface area contributed by atoms with Crippen molar-refractivity contribution in [1.29, 1.82) is 5.26 Å². The largest absolute Gasteiger partial charge is 0.486 e. The molecule has 0 aliphatic heterocycles. The summed E-state index contributed by atoms with van der Waals surface area (Å²) in [6.07, 6.45) is 0.315. The van der Waals surface area contributed by atoms with Gasteiger partial charge in [-0.3, -0.25) is 4.79 Å². The summed E-state index contributed by atoms with van der Waals surface area (Å²) >= 11 is 7.18. The lowest BCUT2D eigenvalue weighted by molar-refractivity contribution is -0.128. The normalized spacial score (nSPS) is 11.7. The Kier molecular flexibility index (Phi) is 7.30. The molecule has 1 aromatic carbocycles. The van der Waals surface area contributed by atoms with Crippen molar-refractivity contribution in [3.63, 3.8) is 0 Å². The third-order valence-electron chi connectivity index (χ3n) is 3.67. The molecule has 0 N–H and O–H groups in total. The fourth-order valence-corrected chi connectivity index (χ4v) is 3.17. The zero-order chi connectivity index (χ0) is 19.1. The van der Waals surface area contributed by atoms with Crippen LogP contribution in [0.3, 0.4) is 0 Å². The third kappa shape index (κ3) is 5.38. The summed E-state index contributed by atoms with van der Waals surface area (Å²) in [5.74, 6) is 1.29. The fourth-order valence-electron chi connectivity index (χ4n) is 2.10. The van der Waals surface area contributed by atoms with Crippen LogP contribution in [-0.2, 0) is 18.4 Å². The minimum absolute atomic E-state index is 0.0489. The van der Waals surface area contributed by atoms with Crippen LogP contribution in [0, 0.1) is 11.3 Å². The van der Waals surface area contributed by atoms with Crippen molar-refractivity contribution in [3.05, 3.63) is 35.1 Å². The maximum atomic E-state index is 12.3. The molecule has 1 atom stereocenters. The molecule has 26 heavy (non-hydrogen) atoms. The number of carbonyl (C=O) groups is 1. The highest BCUT2D eigenvalue weighted by atomic mass is 35.5. The Labute approximate surface area is 161 Å². The van der Waals surface area contributed by atoms with Gasteiger partial charge in [-0.1, -0.05) is 23.4 Å². The second kappa shape index (κ2) is 9.46. The number of rotatable bonds is 8. The monoisotopic (exact) mass is 393 g/mol. The van der Waals surface area contributed by atoms with Crippen LogP contribution < -0.4 is 4.74 Å². The number of hydrogen-bond donors (Lipinski definition) is 0.